The van der Waals surface area contributed by atoms with Crippen LogP contribution in [0.4, 0.5) is 0 Å². The summed E-state index contributed by atoms with van der Waals surface area (Å²) in [6, 6.07) is 12.6. The highest BCUT2D eigenvalue weighted by molar-refractivity contribution is 6.18. The van der Waals surface area contributed by atoms with Crippen molar-refractivity contribution in [3.05, 3.63) is 64.9 Å². The fourth-order valence-corrected chi connectivity index (χ4v) is 2.79. The van der Waals surface area contributed by atoms with Crippen molar-refractivity contribution in [2.45, 2.75) is 19.4 Å². The second-order valence-corrected chi connectivity index (χ2v) is 5.74. The van der Waals surface area contributed by atoms with Crippen molar-refractivity contribution in [2.75, 3.05) is 0 Å². The molecule has 0 N–H and O–H groups in total. The van der Waals surface area contributed by atoms with Gasteiger partial charge < -0.3 is 4.42 Å². The Morgan fingerprint density at radius 1 is 1.12 bits per heavy atom. The molecule has 124 valence electrons. The van der Waals surface area contributed by atoms with Crippen LogP contribution in [0.5, 0.6) is 0 Å². The highest BCUT2D eigenvalue weighted by atomic mass is 16.4. The maximum absolute atomic E-state index is 12.4. The molecule has 3 heterocycles. The Kier molecular flexibility index (Phi) is 3.81. The zero-order chi connectivity index (χ0) is 17.2. The predicted octanol–water partition coefficient (Wildman–Crippen LogP) is 2.20. The molecule has 1 aliphatic heterocycles. The molecule has 0 bridgehead atoms. The third-order valence-corrected chi connectivity index (χ3v) is 3.95. The van der Waals surface area contributed by atoms with E-state index in [0.717, 1.165) is 11.4 Å². The van der Waals surface area contributed by atoms with Gasteiger partial charge in [-0.05, 0) is 24.3 Å². The first-order valence-electron chi connectivity index (χ1n) is 7.84. The van der Waals surface area contributed by atoms with Gasteiger partial charge in [-0.15, -0.1) is 0 Å². The topological polar surface area (TPSA) is 89.8 Å². The van der Waals surface area contributed by atoms with Crippen LogP contribution in [0, 0.1) is 0 Å². The molecule has 7 nitrogen and oxygen atoms in total. The van der Waals surface area contributed by atoms with Crippen LogP contribution in [-0.4, -0.2) is 26.8 Å². The maximum Gasteiger partial charge on any atom is 0.420 e. The lowest BCUT2D eigenvalue weighted by Gasteiger charge is -2.02. The van der Waals surface area contributed by atoms with E-state index in [2.05, 4.69) is 15.2 Å². The monoisotopic (exact) mass is 334 g/mol. The Hall–Kier alpha value is -3.35. The van der Waals surface area contributed by atoms with Gasteiger partial charge in [-0.2, -0.15) is 10.2 Å². The minimum absolute atomic E-state index is 0.0478. The number of ketones is 1. The quantitative estimate of drug-likeness (QED) is 0.715. The van der Waals surface area contributed by atoms with E-state index < -0.39 is 5.76 Å². The van der Waals surface area contributed by atoms with E-state index in [0.29, 0.717) is 23.2 Å². The second-order valence-electron chi connectivity index (χ2n) is 5.74. The highest BCUT2D eigenvalue weighted by Crippen LogP contribution is 2.14. The number of pyridine rings is 1. The molecule has 0 saturated carbocycles. The summed E-state index contributed by atoms with van der Waals surface area (Å²) in [5.41, 5.74) is 3.26. The normalized spacial score (nSPS) is 13.8. The van der Waals surface area contributed by atoms with E-state index in [1.807, 2.05) is 18.2 Å². The van der Waals surface area contributed by atoms with Crippen molar-refractivity contribution in [3.8, 4) is 0 Å². The number of Topliss-reactive ketones (excluding diaryl/α,β-unsaturated/α-hetero) is 1. The third-order valence-electron chi connectivity index (χ3n) is 3.95. The van der Waals surface area contributed by atoms with Gasteiger partial charge in [0.15, 0.2) is 11.4 Å². The third kappa shape index (κ3) is 3.03. The number of nitrogens with zero attached hydrogens (tertiary/aromatic N) is 4. The number of hydrogen-bond donors (Lipinski definition) is 0. The maximum atomic E-state index is 12.4. The van der Waals surface area contributed by atoms with E-state index >= 15 is 0 Å². The molecular weight excluding hydrogens is 320 g/mol. The number of hydrogen-bond acceptors (Lipinski definition) is 6. The van der Waals surface area contributed by atoms with Crippen LogP contribution >= 0.6 is 0 Å². The van der Waals surface area contributed by atoms with E-state index in [9.17, 15) is 9.59 Å². The fraction of sp³-hybridized carbons (Fsp3) is 0.167. The number of para-hydroxylation sites is 2. The van der Waals surface area contributed by atoms with Gasteiger partial charge in [0.25, 0.3) is 0 Å². The summed E-state index contributed by atoms with van der Waals surface area (Å²) in [6.07, 6.45) is 2.33. The molecule has 0 atom stereocenters. The van der Waals surface area contributed by atoms with Gasteiger partial charge in [-0.1, -0.05) is 18.2 Å². The molecule has 25 heavy (non-hydrogen) atoms. The van der Waals surface area contributed by atoms with Crippen molar-refractivity contribution in [1.82, 2.24) is 9.55 Å². The van der Waals surface area contributed by atoms with Crippen LogP contribution in [0.2, 0.25) is 0 Å². The van der Waals surface area contributed by atoms with Gasteiger partial charge >= 0.3 is 5.76 Å². The van der Waals surface area contributed by atoms with Gasteiger partial charge in [0, 0.05) is 19.0 Å². The van der Waals surface area contributed by atoms with Crippen LogP contribution < -0.4 is 5.76 Å². The van der Waals surface area contributed by atoms with Crippen molar-refractivity contribution in [3.63, 3.8) is 0 Å². The molecule has 0 aliphatic carbocycles. The minimum atomic E-state index is -0.534. The minimum Gasteiger partial charge on any atom is -0.408 e. The predicted molar refractivity (Wildman–Crippen MR) is 92.9 cm³/mol. The number of rotatable bonds is 5. The molecular formula is C18H14N4O3. The second kappa shape index (κ2) is 6.27. The van der Waals surface area contributed by atoms with Gasteiger partial charge in [-0.25, -0.2) is 4.79 Å². The molecule has 3 aromatic rings. The average Bonchev–Trinajstić information content (AvgIpc) is 3.21. The van der Waals surface area contributed by atoms with Crippen LogP contribution in [0.15, 0.2) is 68.1 Å². The molecule has 1 aromatic carbocycles. The Bertz CT molecular complexity index is 1060. The SMILES string of the molecule is O=C(CC1=NN=C(c2ccccn2)C1)Cn1c(=O)oc2ccccc21. The summed E-state index contributed by atoms with van der Waals surface area (Å²) in [5, 5.41) is 8.19. The summed E-state index contributed by atoms with van der Waals surface area (Å²) in [7, 11) is 0. The zero-order valence-corrected chi connectivity index (χ0v) is 13.3. The van der Waals surface area contributed by atoms with E-state index in [1.165, 1.54) is 4.57 Å². The molecule has 7 heteroatoms. The van der Waals surface area contributed by atoms with Gasteiger partial charge in [-0.3, -0.25) is 14.3 Å². The molecule has 0 amide bonds. The number of aromatic nitrogens is 2. The standard InChI is InChI=1S/C18H14N4O3/c23-13(11-22-16-6-1-2-7-17(16)25-18(22)24)9-12-10-15(21-20-12)14-5-3-4-8-19-14/h1-8H,9-11H2. The Morgan fingerprint density at radius 3 is 2.80 bits per heavy atom. The molecule has 4 rings (SSSR count). The Balaban J connectivity index is 1.44. The number of carbonyl (C=O) groups is 1. The summed E-state index contributed by atoms with van der Waals surface area (Å²) in [4.78, 5) is 28.5. The van der Waals surface area contributed by atoms with Gasteiger partial charge in [0.1, 0.15) is 0 Å². The van der Waals surface area contributed by atoms with Crippen LogP contribution in [0.3, 0.4) is 0 Å². The lowest BCUT2D eigenvalue weighted by atomic mass is 10.1. The van der Waals surface area contributed by atoms with Crippen molar-refractivity contribution < 1.29 is 9.21 Å². The smallest absolute Gasteiger partial charge is 0.408 e. The number of fused-ring (bicyclic) bond motifs is 1. The highest BCUT2D eigenvalue weighted by Gasteiger charge is 2.19. The van der Waals surface area contributed by atoms with Crippen molar-refractivity contribution in [1.29, 1.82) is 0 Å². The molecule has 1 aliphatic rings. The summed E-state index contributed by atoms with van der Waals surface area (Å²) < 4.78 is 6.48. The Labute approximate surface area is 142 Å². The van der Waals surface area contributed by atoms with E-state index in [4.69, 9.17) is 4.42 Å². The first-order valence-corrected chi connectivity index (χ1v) is 7.84. The molecule has 2 aromatic heterocycles. The molecule has 0 saturated heterocycles. The lowest BCUT2D eigenvalue weighted by Crippen LogP contribution is -2.22. The average molecular weight is 334 g/mol. The summed E-state index contributed by atoms with van der Waals surface area (Å²) in [5.74, 6) is -0.654. The largest absolute Gasteiger partial charge is 0.420 e. The van der Waals surface area contributed by atoms with Gasteiger partial charge in [0.2, 0.25) is 0 Å². The zero-order valence-electron chi connectivity index (χ0n) is 13.3. The van der Waals surface area contributed by atoms with Crippen molar-refractivity contribution >= 4 is 28.3 Å². The number of benzene rings is 1. The van der Waals surface area contributed by atoms with E-state index in [-0.39, 0.29) is 18.7 Å². The fourth-order valence-electron chi connectivity index (χ4n) is 2.79. The molecule has 0 fully saturated rings. The molecule has 0 radical (unpaired) electrons. The van der Waals surface area contributed by atoms with E-state index in [1.54, 1.807) is 30.5 Å². The van der Waals surface area contributed by atoms with Crippen molar-refractivity contribution in [2.24, 2.45) is 10.2 Å². The first kappa shape index (κ1) is 15.2. The number of oxazole rings is 1. The van der Waals surface area contributed by atoms with Crippen LogP contribution in [0.1, 0.15) is 18.5 Å². The summed E-state index contributed by atoms with van der Waals surface area (Å²) in [6.45, 7) is -0.0478. The van der Waals surface area contributed by atoms with Gasteiger partial charge in [0.05, 0.1) is 29.2 Å². The lowest BCUT2D eigenvalue weighted by molar-refractivity contribution is -0.118. The van der Waals surface area contributed by atoms with Crippen LogP contribution in [-0.2, 0) is 11.3 Å². The summed E-state index contributed by atoms with van der Waals surface area (Å²) >= 11 is 0. The molecule has 0 unspecified atom stereocenters. The number of carbonyl (C=O) groups excluding carboxylic acids is 1. The van der Waals surface area contributed by atoms with Crippen LogP contribution in [0.25, 0.3) is 11.1 Å². The Morgan fingerprint density at radius 2 is 1.96 bits per heavy atom. The first-order chi connectivity index (χ1) is 12.2. The molecule has 0 spiro atoms.